The van der Waals surface area contributed by atoms with Gasteiger partial charge in [0.1, 0.15) is 5.69 Å². The van der Waals surface area contributed by atoms with Gasteiger partial charge in [-0.3, -0.25) is 19.7 Å². The minimum absolute atomic E-state index is 0.0214. The van der Waals surface area contributed by atoms with Crippen molar-refractivity contribution in [2.24, 2.45) is 0 Å². The molecule has 4 aromatic rings. The average Bonchev–Trinajstić information content (AvgIpc) is 3.34. The van der Waals surface area contributed by atoms with E-state index in [1.807, 2.05) is 88.8 Å². The van der Waals surface area contributed by atoms with Crippen molar-refractivity contribution in [3.63, 3.8) is 0 Å². The molecule has 0 aliphatic carbocycles. The van der Waals surface area contributed by atoms with E-state index in [0.717, 1.165) is 42.1 Å². The smallest absolute Gasteiger partial charge is 0.246 e. The standard InChI is InChI=1S/C27H26N6O/c34-26(32-17-15-31(16-18-32)20-22-10-13-28-14-11-22)9-8-24-21-33(25-6-2-1-3-7-25)30-27(24)23-5-4-12-29-19-23/h1-14,19,21H,15-18,20H2/b9-8+. The molecule has 1 amide bonds. The summed E-state index contributed by atoms with van der Waals surface area (Å²) in [5.41, 5.74) is 4.79. The molecular weight excluding hydrogens is 424 g/mol. The van der Waals surface area contributed by atoms with Crippen LogP contribution in [0.1, 0.15) is 11.1 Å². The maximum Gasteiger partial charge on any atom is 0.246 e. The van der Waals surface area contributed by atoms with Crippen LogP contribution in [0.3, 0.4) is 0 Å². The van der Waals surface area contributed by atoms with Crippen LogP contribution in [0.25, 0.3) is 23.0 Å². The molecule has 4 heterocycles. The Morgan fingerprint density at radius 1 is 0.882 bits per heavy atom. The van der Waals surface area contributed by atoms with Crippen LogP contribution in [0.2, 0.25) is 0 Å². The molecule has 0 spiro atoms. The number of carbonyl (C=O) groups is 1. The largest absolute Gasteiger partial charge is 0.337 e. The second-order valence-electron chi connectivity index (χ2n) is 8.25. The Kier molecular flexibility index (Phi) is 6.54. The fraction of sp³-hybridized carbons (Fsp3) is 0.185. The Labute approximate surface area is 199 Å². The van der Waals surface area contributed by atoms with Crippen molar-refractivity contribution in [1.29, 1.82) is 0 Å². The lowest BCUT2D eigenvalue weighted by atomic mass is 10.1. The quantitative estimate of drug-likeness (QED) is 0.419. The van der Waals surface area contributed by atoms with Gasteiger partial charge < -0.3 is 4.90 Å². The molecule has 1 fully saturated rings. The fourth-order valence-electron chi connectivity index (χ4n) is 4.09. The third-order valence-electron chi connectivity index (χ3n) is 5.94. The van der Waals surface area contributed by atoms with E-state index < -0.39 is 0 Å². The third kappa shape index (κ3) is 5.10. The van der Waals surface area contributed by atoms with Gasteiger partial charge in [0, 0.05) is 80.9 Å². The third-order valence-corrected chi connectivity index (χ3v) is 5.94. The second kappa shape index (κ2) is 10.2. The lowest BCUT2D eigenvalue weighted by Gasteiger charge is -2.34. The van der Waals surface area contributed by atoms with E-state index in [9.17, 15) is 4.79 Å². The Bertz CT molecular complexity index is 1250. The summed E-state index contributed by atoms with van der Waals surface area (Å²) in [5.74, 6) is 0.0214. The monoisotopic (exact) mass is 450 g/mol. The van der Waals surface area contributed by atoms with Gasteiger partial charge in [-0.25, -0.2) is 4.68 Å². The Balaban J connectivity index is 1.29. The summed E-state index contributed by atoms with van der Waals surface area (Å²) >= 11 is 0. The first-order valence-electron chi connectivity index (χ1n) is 11.4. The van der Waals surface area contributed by atoms with Crippen LogP contribution in [0.15, 0.2) is 91.7 Å². The van der Waals surface area contributed by atoms with Crippen LogP contribution in [0.4, 0.5) is 0 Å². The summed E-state index contributed by atoms with van der Waals surface area (Å²) < 4.78 is 1.84. The molecule has 1 aliphatic rings. The molecule has 7 heteroatoms. The van der Waals surface area contributed by atoms with Crippen molar-refractivity contribution in [1.82, 2.24) is 29.5 Å². The van der Waals surface area contributed by atoms with Crippen molar-refractivity contribution in [3.05, 3.63) is 103 Å². The summed E-state index contributed by atoms with van der Waals surface area (Å²) in [6.07, 6.45) is 12.6. The van der Waals surface area contributed by atoms with Gasteiger partial charge in [0.15, 0.2) is 0 Å². The highest BCUT2D eigenvalue weighted by molar-refractivity contribution is 5.93. The van der Waals surface area contributed by atoms with Crippen molar-refractivity contribution in [3.8, 4) is 16.9 Å². The molecule has 7 nitrogen and oxygen atoms in total. The van der Waals surface area contributed by atoms with Gasteiger partial charge in [0.25, 0.3) is 0 Å². The SMILES string of the molecule is O=C(/C=C/c1cn(-c2ccccc2)nc1-c1cccnc1)N1CCN(Cc2ccncc2)CC1. The normalized spacial score (nSPS) is 14.5. The fourth-order valence-corrected chi connectivity index (χ4v) is 4.09. The Morgan fingerprint density at radius 3 is 2.41 bits per heavy atom. The first-order chi connectivity index (χ1) is 16.8. The van der Waals surface area contributed by atoms with E-state index in [1.54, 1.807) is 18.5 Å². The van der Waals surface area contributed by atoms with Gasteiger partial charge in [-0.2, -0.15) is 5.10 Å². The van der Waals surface area contributed by atoms with Crippen LogP contribution >= 0.6 is 0 Å². The van der Waals surface area contributed by atoms with Crippen LogP contribution in [0, 0.1) is 0 Å². The van der Waals surface area contributed by atoms with Gasteiger partial charge in [0.05, 0.1) is 5.69 Å². The first-order valence-corrected chi connectivity index (χ1v) is 11.4. The number of rotatable bonds is 6. The summed E-state index contributed by atoms with van der Waals surface area (Å²) in [6, 6.07) is 17.9. The van der Waals surface area contributed by atoms with Gasteiger partial charge in [-0.1, -0.05) is 18.2 Å². The Hall–Kier alpha value is -4.10. The van der Waals surface area contributed by atoms with E-state index in [2.05, 4.69) is 14.9 Å². The number of para-hydroxylation sites is 1. The van der Waals surface area contributed by atoms with Crippen molar-refractivity contribution >= 4 is 12.0 Å². The number of nitrogens with zero attached hydrogens (tertiary/aromatic N) is 6. The topological polar surface area (TPSA) is 67.2 Å². The molecule has 1 aromatic carbocycles. The van der Waals surface area contributed by atoms with Gasteiger partial charge in [-0.15, -0.1) is 0 Å². The molecule has 3 aromatic heterocycles. The predicted octanol–water partition coefficient (Wildman–Crippen LogP) is 3.69. The van der Waals surface area contributed by atoms with Crippen LogP contribution in [0.5, 0.6) is 0 Å². The van der Waals surface area contributed by atoms with E-state index in [0.29, 0.717) is 13.1 Å². The number of pyridine rings is 2. The number of aromatic nitrogens is 4. The summed E-state index contributed by atoms with van der Waals surface area (Å²) in [7, 11) is 0. The zero-order valence-corrected chi connectivity index (χ0v) is 18.9. The molecule has 0 saturated carbocycles. The molecule has 0 bridgehead atoms. The highest BCUT2D eigenvalue weighted by Crippen LogP contribution is 2.24. The maximum atomic E-state index is 12.9. The number of hydrogen-bond acceptors (Lipinski definition) is 5. The van der Waals surface area contributed by atoms with Gasteiger partial charge in [0.2, 0.25) is 5.91 Å². The number of amides is 1. The predicted molar refractivity (Wildman–Crippen MR) is 132 cm³/mol. The lowest BCUT2D eigenvalue weighted by Crippen LogP contribution is -2.47. The number of piperazine rings is 1. The first kappa shape index (κ1) is 21.7. The number of carbonyl (C=O) groups excluding carboxylic acids is 1. The summed E-state index contributed by atoms with van der Waals surface area (Å²) in [5, 5.41) is 4.78. The average molecular weight is 451 g/mol. The van der Waals surface area contributed by atoms with E-state index >= 15 is 0 Å². The molecule has 0 unspecified atom stereocenters. The molecule has 34 heavy (non-hydrogen) atoms. The maximum absolute atomic E-state index is 12.9. The zero-order valence-electron chi connectivity index (χ0n) is 18.9. The molecule has 1 saturated heterocycles. The number of benzene rings is 1. The second-order valence-corrected chi connectivity index (χ2v) is 8.25. The molecule has 0 radical (unpaired) electrons. The van der Waals surface area contributed by atoms with Crippen LogP contribution < -0.4 is 0 Å². The molecular formula is C27H26N6O. The minimum atomic E-state index is 0.0214. The van der Waals surface area contributed by atoms with E-state index in [1.165, 1.54) is 5.56 Å². The summed E-state index contributed by atoms with van der Waals surface area (Å²) in [4.78, 5) is 25.5. The lowest BCUT2D eigenvalue weighted by molar-refractivity contribution is -0.127. The molecule has 170 valence electrons. The highest BCUT2D eigenvalue weighted by atomic mass is 16.2. The van der Waals surface area contributed by atoms with Gasteiger partial charge in [-0.05, 0) is 48.0 Å². The van der Waals surface area contributed by atoms with E-state index in [-0.39, 0.29) is 5.91 Å². The van der Waals surface area contributed by atoms with Crippen LogP contribution in [-0.2, 0) is 11.3 Å². The van der Waals surface area contributed by atoms with E-state index in [4.69, 9.17) is 5.10 Å². The molecule has 0 atom stereocenters. The molecule has 0 N–H and O–H groups in total. The molecule has 1 aliphatic heterocycles. The van der Waals surface area contributed by atoms with Crippen molar-refractivity contribution in [2.75, 3.05) is 26.2 Å². The van der Waals surface area contributed by atoms with Crippen molar-refractivity contribution < 1.29 is 4.79 Å². The van der Waals surface area contributed by atoms with Gasteiger partial charge >= 0.3 is 0 Å². The summed E-state index contributed by atoms with van der Waals surface area (Å²) in [6.45, 7) is 4.02. The molecule has 5 rings (SSSR count). The number of hydrogen-bond donors (Lipinski definition) is 0. The minimum Gasteiger partial charge on any atom is -0.337 e. The van der Waals surface area contributed by atoms with Crippen LogP contribution in [-0.4, -0.2) is 61.6 Å². The van der Waals surface area contributed by atoms with Crippen molar-refractivity contribution in [2.45, 2.75) is 6.54 Å². The Morgan fingerprint density at radius 2 is 1.68 bits per heavy atom. The highest BCUT2D eigenvalue weighted by Gasteiger charge is 2.20. The zero-order chi connectivity index (χ0) is 23.2.